The molecule has 5 rings (SSSR count). The van der Waals surface area contributed by atoms with E-state index in [1.807, 2.05) is 18.4 Å². The van der Waals surface area contributed by atoms with Gasteiger partial charge in [0.25, 0.3) is 0 Å². The third kappa shape index (κ3) is 4.86. The fraction of sp³-hybridized carbons (Fsp3) is 0.542. The molecule has 188 valence electrons. The van der Waals surface area contributed by atoms with Crippen LogP contribution in [0.2, 0.25) is 0 Å². The van der Waals surface area contributed by atoms with Gasteiger partial charge in [0.15, 0.2) is 5.82 Å². The van der Waals surface area contributed by atoms with Gasteiger partial charge >= 0.3 is 11.9 Å². The minimum absolute atomic E-state index is 0.00989. The number of aromatic amines is 1. The lowest BCUT2D eigenvalue weighted by Gasteiger charge is -2.38. The van der Waals surface area contributed by atoms with Crippen LogP contribution in [0.1, 0.15) is 44.0 Å². The number of H-pyrrole nitrogens is 1. The summed E-state index contributed by atoms with van der Waals surface area (Å²) in [5, 5.41) is 0. The Morgan fingerprint density at radius 1 is 1.20 bits per heavy atom. The van der Waals surface area contributed by atoms with Gasteiger partial charge in [0.1, 0.15) is 28.8 Å². The number of benzene rings is 1. The first-order chi connectivity index (χ1) is 16.7. The van der Waals surface area contributed by atoms with Crippen LogP contribution in [0.25, 0.3) is 11.2 Å². The van der Waals surface area contributed by atoms with E-state index in [1.165, 1.54) is 12.1 Å². The van der Waals surface area contributed by atoms with Gasteiger partial charge in [-0.2, -0.15) is 18.2 Å². The number of hydrogen-bond donors (Lipinski definition) is 1. The standard InChI is InChI=1S/C24H28F3N5O3/c1-14-12-18(35-17-7-5-16(6-8-17)24(25,26)27)9-10-31(14)21-20-22(30-23(33)29-21)32(15(2)28-20)13-19-4-3-11-34-19/h5-8,14,18-19H,3-4,9-13H2,1-2H3,(H,29,30,33)/t14-,18-,19-/m0/s1. The average Bonchev–Trinajstić information content (AvgIpc) is 3.42. The van der Waals surface area contributed by atoms with Crippen LogP contribution in [-0.4, -0.2) is 50.9 Å². The number of anilines is 1. The van der Waals surface area contributed by atoms with Crippen molar-refractivity contribution in [2.24, 2.45) is 0 Å². The fourth-order valence-electron chi connectivity index (χ4n) is 5.01. The van der Waals surface area contributed by atoms with Crippen LogP contribution < -0.4 is 15.3 Å². The van der Waals surface area contributed by atoms with Crippen molar-refractivity contribution in [3.63, 3.8) is 0 Å². The molecule has 3 atom stereocenters. The number of rotatable bonds is 5. The molecule has 11 heteroatoms. The largest absolute Gasteiger partial charge is 0.490 e. The first kappa shape index (κ1) is 23.7. The maximum Gasteiger partial charge on any atom is 0.416 e. The number of halogens is 3. The van der Waals surface area contributed by atoms with Gasteiger partial charge in [-0.3, -0.25) is 4.98 Å². The van der Waals surface area contributed by atoms with Crippen molar-refractivity contribution in [3.05, 3.63) is 46.1 Å². The van der Waals surface area contributed by atoms with E-state index >= 15 is 0 Å². The number of fused-ring (bicyclic) bond motifs is 1. The molecule has 0 amide bonds. The zero-order valence-corrected chi connectivity index (χ0v) is 19.6. The number of aromatic nitrogens is 4. The third-order valence-electron chi connectivity index (χ3n) is 6.80. The summed E-state index contributed by atoms with van der Waals surface area (Å²) in [7, 11) is 0. The van der Waals surface area contributed by atoms with Crippen LogP contribution in [-0.2, 0) is 17.5 Å². The van der Waals surface area contributed by atoms with E-state index in [0.29, 0.717) is 48.7 Å². The Hall–Kier alpha value is -3.08. The van der Waals surface area contributed by atoms with E-state index in [2.05, 4.69) is 14.9 Å². The zero-order valence-electron chi connectivity index (χ0n) is 19.6. The Labute approximate surface area is 200 Å². The Kier molecular flexibility index (Phi) is 6.20. The second kappa shape index (κ2) is 9.18. The molecule has 0 spiro atoms. The smallest absolute Gasteiger partial charge is 0.416 e. The van der Waals surface area contributed by atoms with Crippen molar-refractivity contribution in [2.75, 3.05) is 18.1 Å². The van der Waals surface area contributed by atoms with E-state index in [-0.39, 0.29) is 18.2 Å². The fourth-order valence-corrected chi connectivity index (χ4v) is 5.01. The van der Waals surface area contributed by atoms with Gasteiger partial charge in [0, 0.05) is 32.0 Å². The predicted molar refractivity (Wildman–Crippen MR) is 124 cm³/mol. The number of nitrogens with one attached hydrogen (secondary N) is 1. The van der Waals surface area contributed by atoms with Crippen LogP contribution in [0.5, 0.6) is 5.75 Å². The number of piperidine rings is 1. The minimum atomic E-state index is -4.38. The van der Waals surface area contributed by atoms with Crippen LogP contribution >= 0.6 is 0 Å². The second-order valence-electron chi connectivity index (χ2n) is 9.30. The van der Waals surface area contributed by atoms with Crippen molar-refractivity contribution >= 4 is 17.0 Å². The summed E-state index contributed by atoms with van der Waals surface area (Å²) < 4.78 is 52.2. The molecule has 0 radical (unpaired) electrons. The van der Waals surface area contributed by atoms with Gasteiger partial charge < -0.3 is 18.9 Å². The molecular weight excluding hydrogens is 463 g/mol. The molecule has 0 bridgehead atoms. The number of hydrogen-bond acceptors (Lipinski definition) is 6. The molecule has 2 aliphatic heterocycles. The normalized spacial score (nSPS) is 23.2. The molecule has 2 saturated heterocycles. The molecule has 4 heterocycles. The highest BCUT2D eigenvalue weighted by atomic mass is 19.4. The van der Waals surface area contributed by atoms with Crippen LogP contribution in [0.4, 0.5) is 19.0 Å². The number of alkyl halides is 3. The highest BCUT2D eigenvalue weighted by Crippen LogP contribution is 2.33. The summed E-state index contributed by atoms with van der Waals surface area (Å²) in [4.78, 5) is 26.4. The SMILES string of the molecule is Cc1nc2c(N3CC[C@H](Oc4ccc(C(F)(F)F)cc4)C[C@@H]3C)nc(=O)[nH]c2n1C[C@@H]1CCCO1. The van der Waals surface area contributed by atoms with Crippen LogP contribution in [0.15, 0.2) is 29.1 Å². The Morgan fingerprint density at radius 2 is 1.97 bits per heavy atom. The summed E-state index contributed by atoms with van der Waals surface area (Å²) in [5.74, 6) is 1.73. The molecule has 8 nitrogen and oxygen atoms in total. The number of imidazole rings is 1. The molecule has 35 heavy (non-hydrogen) atoms. The van der Waals surface area contributed by atoms with Gasteiger partial charge in [-0.25, -0.2) is 9.78 Å². The van der Waals surface area contributed by atoms with E-state index in [1.54, 1.807) is 0 Å². The number of ether oxygens (including phenoxy) is 2. The van der Waals surface area contributed by atoms with Gasteiger partial charge in [-0.1, -0.05) is 0 Å². The Morgan fingerprint density at radius 3 is 2.63 bits per heavy atom. The van der Waals surface area contributed by atoms with E-state index < -0.39 is 17.4 Å². The highest BCUT2D eigenvalue weighted by molar-refractivity contribution is 5.84. The summed E-state index contributed by atoms with van der Waals surface area (Å²) >= 11 is 0. The summed E-state index contributed by atoms with van der Waals surface area (Å²) in [5.41, 5.74) is 0.153. The Bertz CT molecular complexity index is 1250. The highest BCUT2D eigenvalue weighted by Gasteiger charge is 2.32. The van der Waals surface area contributed by atoms with Crippen molar-refractivity contribution < 1.29 is 22.6 Å². The van der Waals surface area contributed by atoms with Gasteiger partial charge in [0.05, 0.1) is 18.2 Å². The summed E-state index contributed by atoms with van der Waals surface area (Å²) in [6.45, 7) is 5.88. The average molecular weight is 492 g/mol. The molecule has 0 saturated carbocycles. The third-order valence-corrected chi connectivity index (χ3v) is 6.80. The first-order valence-corrected chi connectivity index (χ1v) is 11.9. The van der Waals surface area contributed by atoms with Crippen molar-refractivity contribution in [2.45, 2.75) is 70.5 Å². The zero-order chi connectivity index (χ0) is 24.7. The maximum atomic E-state index is 12.8. The predicted octanol–water partition coefficient (Wildman–Crippen LogP) is 4.06. The lowest BCUT2D eigenvalue weighted by Crippen LogP contribution is -2.45. The van der Waals surface area contributed by atoms with Crippen molar-refractivity contribution in [3.8, 4) is 5.75 Å². The molecule has 0 aliphatic carbocycles. The lowest BCUT2D eigenvalue weighted by atomic mass is 10.0. The Balaban J connectivity index is 1.33. The quantitative estimate of drug-likeness (QED) is 0.580. The summed E-state index contributed by atoms with van der Waals surface area (Å²) in [6.07, 6.45) is -1.16. The molecule has 2 aliphatic rings. The monoisotopic (exact) mass is 491 g/mol. The van der Waals surface area contributed by atoms with Gasteiger partial charge in [-0.15, -0.1) is 0 Å². The van der Waals surface area contributed by atoms with Gasteiger partial charge in [-0.05, 0) is 51.0 Å². The van der Waals surface area contributed by atoms with E-state index in [4.69, 9.17) is 14.5 Å². The molecule has 2 aromatic heterocycles. The summed E-state index contributed by atoms with van der Waals surface area (Å²) in [6, 6.07) is 4.75. The first-order valence-electron chi connectivity index (χ1n) is 11.9. The topological polar surface area (TPSA) is 85.3 Å². The van der Waals surface area contributed by atoms with E-state index in [0.717, 1.165) is 37.4 Å². The maximum absolute atomic E-state index is 12.8. The molecule has 0 unspecified atom stereocenters. The van der Waals surface area contributed by atoms with Crippen molar-refractivity contribution in [1.82, 2.24) is 19.5 Å². The van der Waals surface area contributed by atoms with Crippen LogP contribution in [0.3, 0.4) is 0 Å². The number of aryl methyl sites for hydroxylation is 1. The number of nitrogens with zero attached hydrogens (tertiary/aromatic N) is 4. The molecular formula is C24H28F3N5O3. The second-order valence-corrected chi connectivity index (χ2v) is 9.30. The van der Waals surface area contributed by atoms with Crippen LogP contribution in [0, 0.1) is 6.92 Å². The van der Waals surface area contributed by atoms with Gasteiger partial charge in [0.2, 0.25) is 0 Å². The molecule has 1 aromatic carbocycles. The lowest BCUT2D eigenvalue weighted by molar-refractivity contribution is -0.137. The van der Waals surface area contributed by atoms with E-state index in [9.17, 15) is 18.0 Å². The molecule has 2 fully saturated rings. The molecule has 1 N–H and O–H groups in total. The minimum Gasteiger partial charge on any atom is -0.490 e. The molecule has 3 aromatic rings. The van der Waals surface area contributed by atoms with Crippen molar-refractivity contribution in [1.29, 1.82) is 0 Å².